The van der Waals surface area contributed by atoms with Gasteiger partial charge in [0.15, 0.2) is 5.96 Å². The van der Waals surface area contributed by atoms with Crippen LogP contribution in [0.2, 0.25) is 0 Å². The van der Waals surface area contributed by atoms with Crippen LogP contribution in [0.3, 0.4) is 0 Å². The molecule has 1 aliphatic heterocycles. The lowest BCUT2D eigenvalue weighted by Crippen LogP contribution is -2.50. The van der Waals surface area contributed by atoms with Crippen molar-refractivity contribution < 1.29 is 9.53 Å². The normalized spacial score (nSPS) is 16.8. The number of aliphatic imine (C=N–C) groups is 1. The van der Waals surface area contributed by atoms with Crippen molar-refractivity contribution in [1.82, 2.24) is 20.4 Å². The van der Waals surface area contributed by atoms with Gasteiger partial charge in [-0.05, 0) is 39.3 Å². The molecule has 1 amide bonds. The second kappa shape index (κ2) is 11.5. The Kier molecular flexibility index (Phi) is 9.07. The largest absolute Gasteiger partial charge is 0.453 e. The van der Waals surface area contributed by atoms with Gasteiger partial charge < -0.3 is 20.3 Å². The van der Waals surface area contributed by atoms with E-state index in [0.29, 0.717) is 25.2 Å². The first-order chi connectivity index (χ1) is 13.5. The number of piperidine rings is 1. The second-order valence-electron chi connectivity index (χ2n) is 7.35. The Labute approximate surface area is 169 Å². The summed E-state index contributed by atoms with van der Waals surface area (Å²) in [6.45, 7) is 8.14. The van der Waals surface area contributed by atoms with Crippen molar-refractivity contribution in [1.29, 1.82) is 0 Å². The zero-order valence-electron chi connectivity index (χ0n) is 17.6. The van der Waals surface area contributed by atoms with Crippen LogP contribution >= 0.6 is 0 Å². The summed E-state index contributed by atoms with van der Waals surface area (Å²) in [6, 6.07) is 11.1. The molecule has 7 nitrogen and oxygen atoms in total. The highest BCUT2D eigenvalue weighted by molar-refractivity contribution is 5.80. The molecule has 1 atom stereocenters. The van der Waals surface area contributed by atoms with E-state index in [-0.39, 0.29) is 6.09 Å². The molecule has 0 aromatic heterocycles. The molecule has 1 saturated heterocycles. The summed E-state index contributed by atoms with van der Waals surface area (Å²) in [5.74, 6) is 0.846. The van der Waals surface area contributed by atoms with Crippen LogP contribution in [0, 0.1) is 0 Å². The SMILES string of the molecule is CCNC(=NCC(C)N(C)Cc1ccccc1)NC1CCN(C(=O)OC)CC1. The van der Waals surface area contributed by atoms with Crippen molar-refractivity contribution in [2.45, 2.75) is 45.3 Å². The van der Waals surface area contributed by atoms with Gasteiger partial charge in [0.2, 0.25) is 0 Å². The highest BCUT2D eigenvalue weighted by Crippen LogP contribution is 2.11. The average Bonchev–Trinajstić information content (AvgIpc) is 2.72. The number of ether oxygens (including phenoxy) is 1. The Hall–Kier alpha value is -2.28. The number of rotatable bonds is 7. The quantitative estimate of drug-likeness (QED) is 0.553. The fourth-order valence-corrected chi connectivity index (χ4v) is 3.24. The number of hydrogen-bond acceptors (Lipinski definition) is 4. The fraction of sp³-hybridized carbons (Fsp3) is 0.619. The minimum atomic E-state index is -0.241. The lowest BCUT2D eigenvalue weighted by Gasteiger charge is -2.32. The highest BCUT2D eigenvalue weighted by atomic mass is 16.5. The minimum Gasteiger partial charge on any atom is -0.453 e. The standard InChI is InChI=1S/C21H35N5O2/c1-5-22-20(24-19-11-13-26(14-12-19)21(27)28-4)23-15-17(2)25(3)16-18-9-7-6-8-10-18/h6-10,17,19H,5,11-16H2,1-4H3,(H2,22,23,24). The number of carbonyl (C=O) groups is 1. The monoisotopic (exact) mass is 389 g/mol. The van der Waals surface area contributed by atoms with Gasteiger partial charge in [-0.3, -0.25) is 9.89 Å². The molecule has 156 valence electrons. The summed E-state index contributed by atoms with van der Waals surface area (Å²) >= 11 is 0. The van der Waals surface area contributed by atoms with E-state index in [1.54, 1.807) is 4.90 Å². The van der Waals surface area contributed by atoms with Crippen LogP contribution in [-0.2, 0) is 11.3 Å². The molecule has 0 saturated carbocycles. The molecule has 1 aromatic carbocycles. The smallest absolute Gasteiger partial charge is 0.409 e. The van der Waals surface area contributed by atoms with Crippen molar-refractivity contribution in [3.05, 3.63) is 35.9 Å². The molecule has 1 unspecified atom stereocenters. The van der Waals surface area contributed by atoms with Gasteiger partial charge in [-0.1, -0.05) is 30.3 Å². The number of likely N-dealkylation sites (tertiary alicyclic amines) is 1. The predicted octanol–water partition coefficient (Wildman–Crippen LogP) is 2.29. The topological polar surface area (TPSA) is 69.2 Å². The third kappa shape index (κ3) is 7.03. The van der Waals surface area contributed by atoms with Gasteiger partial charge in [-0.25, -0.2) is 4.79 Å². The van der Waals surface area contributed by atoms with Crippen molar-refractivity contribution >= 4 is 12.1 Å². The molecule has 1 aromatic rings. The molecule has 7 heteroatoms. The van der Waals surface area contributed by atoms with E-state index in [2.05, 4.69) is 60.7 Å². The van der Waals surface area contributed by atoms with Gasteiger partial charge >= 0.3 is 6.09 Å². The lowest BCUT2D eigenvalue weighted by atomic mass is 10.1. The fourth-order valence-electron chi connectivity index (χ4n) is 3.24. The van der Waals surface area contributed by atoms with Crippen molar-refractivity contribution in [3.63, 3.8) is 0 Å². The summed E-state index contributed by atoms with van der Waals surface area (Å²) in [6.07, 6.45) is 1.54. The summed E-state index contributed by atoms with van der Waals surface area (Å²) in [7, 11) is 3.56. The van der Waals surface area contributed by atoms with E-state index >= 15 is 0 Å². The summed E-state index contributed by atoms with van der Waals surface area (Å²) < 4.78 is 4.80. The maximum atomic E-state index is 11.6. The summed E-state index contributed by atoms with van der Waals surface area (Å²) in [5.41, 5.74) is 1.31. The van der Waals surface area contributed by atoms with Crippen LogP contribution in [0.1, 0.15) is 32.3 Å². The highest BCUT2D eigenvalue weighted by Gasteiger charge is 2.23. The molecule has 0 radical (unpaired) electrons. The number of guanidine groups is 1. The Balaban J connectivity index is 1.83. The Morgan fingerprint density at radius 1 is 1.32 bits per heavy atom. The maximum absolute atomic E-state index is 11.6. The minimum absolute atomic E-state index is 0.241. The third-order valence-corrected chi connectivity index (χ3v) is 5.15. The van der Waals surface area contributed by atoms with Gasteiger partial charge in [0.25, 0.3) is 0 Å². The summed E-state index contributed by atoms with van der Waals surface area (Å²) in [5, 5.41) is 6.85. The first-order valence-electron chi connectivity index (χ1n) is 10.1. The number of benzene rings is 1. The maximum Gasteiger partial charge on any atom is 0.409 e. The van der Waals surface area contributed by atoms with Crippen LogP contribution in [0.25, 0.3) is 0 Å². The second-order valence-corrected chi connectivity index (χ2v) is 7.35. The van der Waals surface area contributed by atoms with Gasteiger partial charge in [-0.2, -0.15) is 0 Å². The van der Waals surface area contributed by atoms with Crippen molar-refractivity contribution in [2.75, 3.05) is 40.3 Å². The molecule has 2 N–H and O–H groups in total. The average molecular weight is 390 g/mol. The summed E-state index contributed by atoms with van der Waals surface area (Å²) in [4.78, 5) is 20.5. The molecule has 1 fully saturated rings. The van der Waals surface area contributed by atoms with Crippen LogP contribution in [0.5, 0.6) is 0 Å². The molecule has 1 heterocycles. The Morgan fingerprint density at radius 2 is 2.00 bits per heavy atom. The molecule has 0 aliphatic carbocycles. The van der Waals surface area contributed by atoms with E-state index in [9.17, 15) is 4.79 Å². The first-order valence-corrected chi connectivity index (χ1v) is 10.1. The molecular formula is C21H35N5O2. The van der Waals surface area contributed by atoms with E-state index in [0.717, 1.165) is 38.4 Å². The Bertz CT molecular complexity index is 614. The number of likely N-dealkylation sites (N-methyl/N-ethyl adjacent to an activating group) is 1. The van der Waals surface area contributed by atoms with Crippen molar-refractivity contribution in [3.8, 4) is 0 Å². The van der Waals surface area contributed by atoms with E-state index < -0.39 is 0 Å². The number of amides is 1. The van der Waals surface area contributed by atoms with Crippen LogP contribution < -0.4 is 10.6 Å². The Morgan fingerprint density at radius 3 is 2.61 bits per heavy atom. The van der Waals surface area contributed by atoms with E-state index in [1.807, 2.05) is 6.07 Å². The molecule has 1 aliphatic rings. The number of methoxy groups -OCH3 is 1. The lowest BCUT2D eigenvalue weighted by molar-refractivity contribution is 0.111. The zero-order chi connectivity index (χ0) is 20.4. The van der Waals surface area contributed by atoms with Crippen LogP contribution in [0.4, 0.5) is 4.79 Å². The number of carbonyl (C=O) groups excluding carboxylic acids is 1. The molecule has 28 heavy (non-hydrogen) atoms. The van der Waals surface area contributed by atoms with Gasteiger partial charge in [0.05, 0.1) is 13.7 Å². The van der Waals surface area contributed by atoms with E-state index in [1.165, 1.54) is 12.7 Å². The van der Waals surface area contributed by atoms with Crippen LogP contribution in [-0.4, -0.2) is 74.3 Å². The molecule has 2 rings (SSSR count). The molecular weight excluding hydrogens is 354 g/mol. The zero-order valence-corrected chi connectivity index (χ0v) is 17.6. The first kappa shape index (κ1) is 22.0. The predicted molar refractivity (Wildman–Crippen MR) is 113 cm³/mol. The van der Waals surface area contributed by atoms with E-state index in [4.69, 9.17) is 9.73 Å². The van der Waals surface area contributed by atoms with Gasteiger partial charge in [0, 0.05) is 38.3 Å². The van der Waals surface area contributed by atoms with Crippen LogP contribution in [0.15, 0.2) is 35.3 Å². The molecule has 0 spiro atoms. The third-order valence-electron chi connectivity index (χ3n) is 5.15. The number of nitrogens with zero attached hydrogens (tertiary/aromatic N) is 3. The molecule has 0 bridgehead atoms. The number of hydrogen-bond donors (Lipinski definition) is 2. The van der Waals surface area contributed by atoms with Crippen molar-refractivity contribution in [2.24, 2.45) is 4.99 Å². The number of nitrogens with one attached hydrogen (secondary N) is 2. The van der Waals surface area contributed by atoms with Gasteiger partial charge in [-0.15, -0.1) is 0 Å². The van der Waals surface area contributed by atoms with Gasteiger partial charge in [0.1, 0.15) is 0 Å².